The van der Waals surface area contributed by atoms with Crippen LogP contribution in [0.3, 0.4) is 0 Å². The average molecular weight is 270 g/mol. The molecule has 19 heavy (non-hydrogen) atoms. The summed E-state index contributed by atoms with van der Waals surface area (Å²) in [5.41, 5.74) is -0.669. The van der Waals surface area contributed by atoms with Gasteiger partial charge in [0.05, 0.1) is 5.41 Å². The Hall–Kier alpha value is -1.26. The Kier molecular flexibility index (Phi) is 6.12. The Labute approximate surface area is 115 Å². The summed E-state index contributed by atoms with van der Waals surface area (Å²) in [6, 6.07) is -0.0519. The maximum Gasteiger partial charge on any atom is 0.317 e. The number of rotatable bonds is 6. The molecule has 0 aromatic carbocycles. The molecule has 0 unspecified atom stereocenters. The van der Waals surface area contributed by atoms with Gasteiger partial charge in [0.25, 0.3) is 0 Å². The second-order valence-corrected chi connectivity index (χ2v) is 5.65. The first-order chi connectivity index (χ1) is 8.99. The quantitative estimate of drug-likeness (QED) is 0.728. The molecule has 1 saturated heterocycles. The number of aliphatic carboxylic acids is 1. The molecule has 2 amide bonds. The van der Waals surface area contributed by atoms with Crippen LogP contribution in [0.15, 0.2) is 0 Å². The van der Waals surface area contributed by atoms with Crippen molar-refractivity contribution in [3.8, 4) is 0 Å². The number of likely N-dealkylation sites (tertiary alicyclic amines) is 1. The summed E-state index contributed by atoms with van der Waals surface area (Å²) < 4.78 is 0. The molecule has 5 nitrogen and oxygen atoms in total. The fourth-order valence-electron chi connectivity index (χ4n) is 2.28. The number of carboxylic acids is 1. The third kappa shape index (κ3) is 4.73. The third-order valence-corrected chi connectivity index (χ3v) is 3.98. The third-order valence-electron chi connectivity index (χ3n) is 3.98. The minimum absolute atomic E-state index is 0.0519. The maximum absolute atomic E-state index is 11.9. The average Bonchev–Trinajstić information content (AvgIpc) is 2.39. The van der Waals surface area contributed by atoms with Gasteiger partial charge in [-0.25, -0.2) is 4.79 Å². The Morgan fingerprint density at radius 2 is 1.84 bits per heavy atom. The van der Waals surface area contributed by atoms with Crippen molar-refractivity contribution in [3.05, 3.63) is 0 Å². The molecule has 0 spiro atoms. The molecule has 0 aliphatic carbocycles. The molecule has 0 radical (unpaired) electrons. The first-order valence-corrected chi connectivity index (χ1v) is 7.26. The maximum atomic E-state index is 11.9. The van der Waals surface area contributed by atoms with Crippen LogP contribution >= 0.6 is 0 Å². The number of unbranched alkanes of at least 4 members (excludes halogenated alkanes) is 3. The van der Waals surface area contributed by atoms with Gasteiger partial charge >= 0.3 is 12.0 Å². The van der Waals surface area contributed by atoms with Crippen LogP contribution in [0.5, 0.6) is 0 Å². The van der Waals surface area contributed by atoms with Crippen molar-refractivity contribution in [1.82, 2.24) is 10.2 Å². The van der Waals surface area contributed by atoms with Crippen molar-refractivity contribution in [2.45, 2.75) is 52.4 Å². The number of hydrogen-bond acceptors (Lipinski definition) is 2. The second-order valence-electron chi connectivity index (χ2n) is 5.65. The van der Waals surface area contributed by atoms with Gasteiger partial charge in [-0.3, -0.25) is 4.79 Å². The molecular formula is C14H26N2O3. The van der Waals surface area contributed by atoms with E-state index in [1.54, 1.807) is 11.8 Å². The molecular weight excluding hydrogens is 244 g/mol. The lowest BCUT2D eigenvalue weighted by Gasteiger charge is -2.36. The highest BCUT2D eigenvalue weighted by Crippen LogP contribution is 2.30. The van der Waals surface area contributed by atoms with E-state index in [9.17, 15) is 9.59 Å². The van der Waals surface area contributed by atoms with E-state index in [1.165, 1.54) is 12.8 Å². The lowest BCUT2D eigenvalue weighted by Crippen LogP contribution is -2.48. The number of nitrogens with one attached hydrogen (secondary N) is 1. The van der Waals surface area contributed by atoms with Crippen molar-refractivity contribution in [2.24, 2.45) is 5.41 Å². The Morgan fingerprint density at radius 1 is 1.21 bits per heavy atom. The van der Waals surface area contributed by atoms with Gasteiger partial charge in [-0.1, -0.05) is 26.2 Å². The van der Waals surface area contributed by atoms with E-state index in [0.29, 0.717) is 32.5 Å². The van der Waals surface area contributed by atoms with Crippen molar-refractivity contribution < 1.29 is 14.7 Å². The topological polar surface area (TPSA) is 69.6 Å². The molecule has 1 fully saturated rings. The van der Waals surface area contributed by atoms with Crippen LogP contribution in [0.4, 0.5) is 4.79 Å². The van der Waals surface area contributed by atoms with Gasteiger partial charge < -0.3 is 15.3 Å². The normalized spacial score (nSPS) is 18.1. The molecule has 1 aliphatic rings. The summed E-state index contributed by atoms with van der Waals surface area (Å²) in [6.45, 7) is 5.69. The minimum atomic E-state index is -0.757. The zero-order valence-corrected chi connectivity index (χ0v) is 12.1. The van der Waals surface area contributed by atoms with Crippen LogP contribution in [-0.4, -0.2) is 41.6 Å². The van der Waals surface area contributed by atoms with Crippen LogP contribution in [0.1, 0.15) is 52.4 Å². The highest BCUT2D eigenvalue weighted by atomic mass is 16.4. The number of amides is 2. The van der Waals surface area contributed by atoms with E-state index in [-0.39, 0.29) is 6.03 Å². The number of hydrogen-bond donors (Lipinski definition) is 2. The fraction of sp³-hybridized carbons (Fsp3) is 0.857. The lowest BCUT2D eigenvalue weighted by atomic mass is 9.80. The van der Waals surface area contributed by atoms with E-state index < -0.39 is 11.4 Å². The molecule has 5 heteroatoms. The van der Waals surface area contributed by atoms with Crippen molar-refractivity contribution >= 4 is 12.0 Å². The van der Waals surface area contributed by atoms with Crippen LogP contribution in [0.25, 0.3) is 0 Å². The number of urea groups is 1. The predicted molar refractivity (Wildman–Crippen MR) is 74.1 cm³/mol. The van der Waals surface area contributed by atoms with Crippen LogP contribution in [0.2, 0.25) is 0 Å². The number of piperidine rings is 1. The van der Waals surface area contributed by atoms with Gasteiger partial charge in [-0.15, -0.1) is 0 Å². The fourth-order valence-corrected chi connectivity index (χ4v) is 2.28. The standard InChI is InChI=1S/C14H26N2O3/c1-3-4-5-6-9-15-13(19)16-10-7-14(2,8-11-16)12(17)18/h3-11H2,1-2H3,(H,15,19)(H,17,18). The second kappa shape index (κ2) is 7.36. The zero-order chi connectivity index (χ0) is 14.3. The molecule has 1 rings (SSSR count). The molecule has 0 saturated carbocycles. The summed E-state index contributed by atoms with van der Waals surface area (Å²) in [5.74, 6) is -0.757. The van der Waals surface area contributed by atoms with Gasteiger partial charge in [0, 0.05) is 19.6 Å². The molecule has 0 aromatic heterocycles. The molecule has 0 aromatic rings. The summed E-state index contributed by atoms with van der Waals surface area (Å²) in [5, 5.41) is 12.0. The lowest BCUT2D eigenvalue weighted by molar-refractivity contribution is -0.150. The van der Waals surface area contributed by atoms with Crippen molar-refractivity contribution in [3.63, 3.8) is 0 Å². The molecule has 1 aliphatic heterocycles. The summed E-state index contributed by atoms with van der Waals surface area (Å²) in [4.78, 5) is 24.7. The van der Waals surface area contributed by atoms with Crippen molar-refractivity contribution in [2.75, 3.05) is 19.6 Å². The van der Waals surface area contributed by atoms with E-state index in [1.807, 2.05) is 0 Å². The highest BCUT2D eigenvalue weighted by Gasteiger charge is 2.37. The zero-order valence-electron chi connectivity index (χ0n) is 12.1. The predicted octanol–water partition coefficient (Wildman–Crippen LogP) is 2.46. The first-order valence-electron chi connectivity index (χ1n) is 7.26. The van der Waals surface area contributed by atoms with Crippen LogP contribution < -0.4 is 5.32 Å². The summed E-state index contributed by atoms with van der Waals surface area (Å²) >= 11 is 0. The van der Waals surface area contributed by atoms with Crippen molar-refractivity contribution in [1.29, 1.82) is 0 Å². The minimum Gasteiger partial charge on any atom is -0.481 e. The molecule has 2 N–H and O–H groups in total. The number of carbonyl (C=O) groups excluding carboxylic acids is 1. The van der Waals surface area contributed by atoms with Gasteiger partial charge in [-0.05, 0) is 26.2 Å². The van der Waals surface area contributed by atoms with E-state index in [2.05, 4.69) is 12.2 Å². The summed E-state index contributed by atoms with van der Waals surface area (Å²) in [7, 11) is 0. The number of carbonyl (C=O) groups is 2. The van der Waals surface area contributed by atoms with Gasteiger partial charge in [0.2, 0.25) is 0 Å². The number of carboxylic acid groups (broad SMARTS) is 1. The Bertz CT molecular complexity index is 310. The van der Waals surface area contributed by atoms with E-state index in [4.69, 9.17) is 5.11 Å². The van der Waals surface area contributed by atoms with Gasteiger partial charge in [-0.2, -0.15) is 0 Å². The van der Waals surface area contributed by atoms with Crippen LogP contribution in [0, 0.1) is 5.41 Å². The highest BCUT2D eigenvalue weighted by molar-refractivity contribution is 5.76. The van der Waals surface area contributed by atoms with Crippen LogP contribution in [-0.2, 0) is 4.79 Å². The Morgan fingerprint density at radius 3 is 2.37 bits per heavy atom. The van der Waals surface area contributed by atoms with E-state index >= 15 is 0 Å². The Balaban J connectivity index is 2.23. The summed E-state index contributed by atoms with van der Waals surface area (Å²) in [6.07, 6.45) is 5.62. The molecule has 110 valence electrons. The first kappa shape index (κ1) is 15.8. The van der Waals surface area contributed by atoms with Gasteiger partial charge in [0.15, 0.2) is 0 Å². The molecule has 1 heterocycles. The largest absolute Gasteiger partial charge is 0.481 e. The smallest absolute Gasteiger partial charge is 0.317 e. The number of nitrogens with zero attached hydrogens (tertiary/aromatic N) is 1. The van der Waals surface area contributed by atoms with E-state index in [0.717, 1.165) is 12.8 Å². The molecule has 0 bridgehead atoms. The monoisotopic (exact) mass is 270 g/mol. The van der Waals surface area contributed by atoms with Gasteiger partial charge in [0.1, 0.15) is 0 Å². The SMILES string of the molecule is CCCCCCNC(=O)N1CCC(C)(C(=O)O)CC1. The molecule has 0 atom stereocenters.